The van der Waals surface area contributed by atoms with E-state index in [1.165, 1.54) is 21.5 Å². The quantitative estimate of drug-likeness (QED) is 0.753. The Labute approximate surface area is 133 Å². The van der Waals surface area contributed by atoms with Crippen molar-refractivity contribution in [2.75, 3.05) is 33.7 Å². The Kier molecular flexibility index (Phi) is 5.34. The number of carbonyl (C=O) groups excluding carboxylic acids is 1. The van der Waals surface area contributed by atoms with Crippen molar-refractivity contribution in [3.8, 4) is 0 Å². The third-order valence-corrected chi connectivity index (χ3v) is 6.50. The SMILES string of the molecule is CCNC(=O)NC1(CC2CC2)CCN(S(=O)(=O)N(C)C)CC1. The summed E-state index contributed by atoms with van der Waals surface area (Å²) in [4.78, 5) is 11.9. The van der Waals surface area contributed by atoms with Gasteiger partial charge in [-0.05, 0) is 32.1 Å². The molecule has 1 aliphatic carbocycles. The Morgan fingerprint density at radius 2 is 1.86 bits per heavy atom. The summed E-state index contributed by atoms with van der Waals surface area (Å²) in [6.07, 6.45) is 4.75. The fourth-order valence-corrected chi connectivity index (χ4v) is 4.18. The predicted molar refractivity (Wildman–Crippen MR) is 85.7 cm³/mol. The zero-order chi connectivity index (χ0) is 16.4. The van der Waals surface area contributed by atoms with Crippen molar-refractivity contribution in [2.24, 2.45) is 5.92 Å². The number of piperidine rings is 1. The summed E-state index contributed by atoms with van der Waals surface area (Å²) >= 11 is 0. The Hall–Kier alpha value is -0.860. The normalized spacial score (nSPS) is 22.5. The van der Waals surface area contributed by atoms with E-state index in [4.69, 9.17) is 0 Å². The second-order valence-corrected chi connectivity index (χ2v) is 8.74. The molecule has 2 fully saturated rings. The van der Waals surface area contributed by atoms with Gasteiger partial charge in [0.25, 0.3) is 10.2 Å². The molecule has 0 aromatic carbocycles. The molecule has 1 saturated carbocycles. The Morgan fingerprint density at radius 3 is 2.32 bits per heavy atom. The molecule has 0 bridgehead atoms. The number of hydrogen-bond acceptors (Lipinski definition) is 3. The van der Waals surface area contributed by atoms with Crippen LogP contribution in [0.15, 0.2) is 0 Å². The van der Waals surface area contributed by atoms with Crippen molar-refractivity contribution >= 4 is 16.2 Å². The summed E-state index contributed by atoms with van der Waals surface area (Å²) in [5.41, 5.74) is -0.265. The van der Waals surface area contributed by atoms with Crippen LogP contribution in [-0.4, -0.2) is 62.3 Å². The Bertz CT molecular complexity index is 494. The summed E-state index contributed by atoms with van der Waals surface area (Å²) in [7, 11) is -0.263. The maximum atomic E-state index is 12.2. The van der Waals surface area contributed by atoms with Crippen molar-refractivity contribution < 1.29 is 13.2 Å². The van der Waals surface area contributed by atoms with Crippen LogP contribution in [0, 0.1) is 5.92 Å². The highest BCUT2D eigenvalue weighted by atomic mass is 32.2. The van der Waals surface area contributed by atoms with E-state index >= 15 is 0 Å². The number of carbonyl (C=O) groups is 1. The number of amides is 2. The van der Waals surface area contributed by atoms with Crippen molar-refractivity contribution in [1.82, 2.24) is 19.2 Å². The average molecular weight is 332 g/mol. The molecule has 1 aliphatic heterocycles. The van der Waals surface area contributed by atoms with Crippen LogP contribution in [0.5, 0.6) is 0 Å². The van der Waals surface area contributed by atoms with Crippen LogP contribution in [0.25, 0.3) is 0 Å². The summed E-state index contributed by atoms with van der Waals surface area (Å²) in [6, 6.07) is -0.146. The molecular formula is C14H28N4O3S. The third-order valence-electron chi connectivity index (χ3n) is 4.56. The van der Waals surface area contributed by atoms with Gasteiger partial charge in [-0.2, -0.15) is 17.0 Å². The van der Waals surface area contributed by atoms with Crippen LogP contribution in [-0.2, 0) is 10.2 Å². The van der Waals surface area contributed by atoms with Crippen molar-refractivity contribution in [1.29, 1.82) is 0 Å². The van der Waals surface area contributed by atoms with Crippen molar-refractivity contribution in [2.45, 2.75) is 44.6 Å². The number of rotatable bonds is 6. The van der Waals surface area contributed by atoms with Crippen molar-refractivity contribution in [3.05, 3.63) is 0 Å². The summed E-state index contributed by atoms with van der Waals surface area (Å²) in [6.45, 7) is 3.39. The lowest BCUT2D eigenvalue weighted by molar-refractivity contribution is 0.167. The molecule has 1 saturated heterocycles. The van der Waals surface area contributed by atoms with E-state index in [2.05, 4.69) is 10.6 Å². The zero-order valence-electron chi connectivity index (χ0n) is 13.8. The van der Waals surface area contributed by atoms with Crippen LogP contribution in [0.4, 0.5) is 4.79 Å². The Balaban J connectivity index is 2.02. The van der Waals surface area contributed by atoms with Gasteiger partial charge in [-0.25, -0.2) is 4.79 Å². The molecule has 22 heavy (non-hydrogen) atoms. The lowest BCUT2D eigenvalue weighted by atomic mass is 9.83. The van der Waals surface area contributed by atoms with Gasteiger partial charge in [-0.3, -0.25) is 0 Å². The Morgan fingerprint density at radius 1 is 1.27 bits per heavy atom. The predicted octanol–water partition coefficient (Wildman–Crippen LogP) is 0.747. The monoisotopic (exact) mass is 332 g/mol. The van der Waals surface area contributed by atoms with E-state index in [1.54, 1.807) is 14.1 Å². The minimum atomic E-state index is -3.36. The molecule has 1 heterocycles. The van der Waals surface area contributed by atoms with Crippen LogP contribution in [0.1, 0.15) is 39.0 Å². The van der Waals surface area contributed by atoms with Gasteiger partial charge in [-0.15, -0.1) is 0 Å². The summed E-state index contributed by atoms with van der Waals surface area (Å²) in [5.74, 6) is 0.680. The van der Waals surface area contributed by atoms with E-state index in [0.717, 1.165) is 6.42 Å². The maximum Gasteiger partial charge on any atom is 0.315 e. The first-order valence-electron chi connectivity index (χ1n) is 8.03. The van der Waals surface area contributed by atoms with Gasteiger partial charge >= 0.3 is 6.03 Å². The molecule has 0 atom stereocenters. The fourth-order valence-electron chi connectivity index (χ4n) is 3.08. The maximum absolute atomic E-state index is 12.2. The van der Waals surface area contributed by atoms with Gasteiger partial charge in [0.05, 0.1) is 0 Å². The van der Waals surface area contributed by atoms with E-state index in [9.17, 15) is 13.2 Å². The molecule has 8 heteroatoms. The number of nitrogens with zero attached hydrogens (tertiary/aromatic N) is 2. The van der Waals surface area contributed by atoms with E-state index in [0.29, 0.717) is 38.4 Å². The van der Waals surface area contributed by atoms with E-state index < -0.39 is 10.2 Å². The smallest absolute Gasteiger partial charge is 0.315 e. The van der Waals surface area contributed by atoms with Gasteiger partial charge in [0.15, 0.2) is 0 Å². The summed E-state index contributed by atoms with van der Waals surface area (Å²) in [5, 5.41) is 5.90. The minimum Gasteiger partial charge on any atom is -0.338 e. The van der Waals surface area contributed by atoms with Crippen LogP contribution in [0.2, 0.25) is 0 Å². The first-order chi connectivity index (χ1) is 10.3. The second kappa shape index (κ2) is 6.72. The molecular weight excluding hydrogens is 304 g/mol. The lowest BCUT2D eigenvalue weighted by Gasteiger charge is -2.42. The van der Waals surface area contributed by atoms with E-state index in [-0.39, 0.29) is 11.6 Å². The van der Waals surface area contributed by atoms with Crippen LogP contribution < -0.4 is 10.6 Å². The topological polar surface area (TPSA) is 81.8 Å². The molecule has 128 valence electrons. The lowest BCUT2D eigenvalue weighted by Crippen LogP contribution is -2.59. The molecule has 0 radical (unpaired) electrons. The number of hydrogen-bond donors (Lipinski definition) is 2. The number of nitrogens with one attached hydrogen (secondary N) is 2. The third kappa shape index (κ3) is 4.11. The minimum absolute atomic E-state index is 0.146. The molecule has 2 amide bonds. The average Bonchev–Trinajstić information content (AvgIpc) is 3.23. The van der Waals surface area contributed by atoms with Gasteiger partial charge in [0.2, 0.25) is 0 Å². The molecule has 0 aromatic rings. The van der Waals surface area contributed by atoms with Gasteiger partial charge in [0, 0.05) is 39.3 Å². The molecule has 2 N–H and O–H groups in total. The standard InChI is InChI=1S/C14H28N4O3S/c1-4-15-13(19)16-14(11-12-5-6-12)7-9-18(10-8-14)22(20,21)17(2)3/h12H,4-11H2,1-3H3,(H2,15,16,19). The van der Waals surface area contributed by atoms with Crippen molar-refractivity contribution in [3.63, 3.8) is 0 Å². The zero-order valence-corrected chi connectivity index (χ0v) is 14.6. The number of urea groups is 1. The first-order valence-corrected chi connectivity index (χ1v) is 9.42. The van der Waals surface area contributed by atoms with Crippen LogP contribution in [0.3, 0.4) is 0 Å². The molecule has 0 unspecified atom stereocenters. The fraction of sp³-hybridized carbons (Fsp3) is 0.929. The van der Waals surface area contributed by atoms with Gasteiger partial charge in [0.1, 0.15) is 0 Å². The first kappa shape index (κ1) is 17.5. The van der Waals surface area contributed by atoms with Gasteiger partial charge in [-0.1, -0.05) is 12.8 Å². The van der Waals surface area contributed by atoms with Crippen LogP contribution >= 0.6 is 0 Å². The highest BCUT2D eigenvalue weighted by molar-refractivity contribution is 7.86. The molecule has 2 aliphatic rings. The largest absolute Gasteiger partial charge is 0.338 e. The molecule has 2 rings (SSSR count). The second-order valence-electron chi connectivity index (χ2n) is 6.60. The molecule has 0 spiro atoms. The highest BCUT2D eigenvalue weighted by Gasteiger charge is 2.42. The van der Waals surface area contributed by atoms with Gasteiger partial charge < -0.3 is 10.6 Å². The van der Waals surface area contributed by atoms with E-state index in [1.807, 2.05) is 6.92 Å². The molecule has 0 aromatic heterocycles. The molecule has 7 nitrogen and oxygen atoms in total. The summed E-state index contributed by atoms with van der Waals surface area (Å²) < 4.78 is 27.2. The highest BCUT2D eigenvalue weighted by Crippen LogP contribution is 2.40.